The zero-order valence-electron chi connectivity index (χ0n) is 12.0. The van der Waals surface area contributed by atoms with E-state index in [1.807, 2.05) is 18.2 Å². The Labute approximate surface area is 123 Å². The maximum absolute atomic E-state index is 9.06. The average Bonchev–Trinajstić information content (AvgIpc) is 3.17. The van der Waals surface area contributed by atoms with Crippen LogP contribution in [0.25, 0.3) is 5.69 Å². The quantitative estimate of drug-likeness (QED) is 0.857. The highest BCUT2D eigenvalue weighted by Crippen LogP contribution is 2.22. The first-order valence-electron chi connectivity index (χ1n) is 7.02. The van der Waals surface area contributed by atoms with Gasteiger partial charge in [0.25, 0.3) is 0 Å². The standard InChI is InChI=1S/C15H17N5O/c1-21-11-15-14(10-16)17-18-20(15)13-6-4-12(5-7-13)19-8-2-3-9-19/h4-7H,2-3,8-9,11H2,1H3. The summed E-state index contributed by atoms with van der Waals surface area (Å²) in [4.78, 5) is 2.38. The summed E-state index contributed by atoms with van der Waals surface area (Å²) in [5, 5.41) is 17.0. The van der Waals surface area contributed by atoms with Crippen molar-refractivity contribution in [1.82, 2.24) is 15.0 Å². The van der Waals surface area contributed by atoms with Crippen molar-refractivity contribution in [3.05, 3.63) is 35.7 Å². The number of aromatic nitrogens is 3. The lowest BCUT2D eigenvalue weighted by molar-refractivity contribution is 0.179. The zero-order valence-corrected chi connectivity index (χ0v) is 12.0. The number of benzene rings is 1. The van der Waals surface area contributed by atoms with Crippen LogP contribution in [-0.2, 0) is 11.3 Å². The van der Waals surface area contributed by atoms with E-state index in [-0.39, 0.29) is 0 Å². The minimum absolute atomic E-state index is 0.306. The first kappa shape index (κ1) is 13.6. The highest BCUT2D eigenvalue weighted by Gasteiger charge is 2.15. The number of methoxy groups -OCH3 is 1. The molecule has 2 heterocycles. The summed E-state index contributed by atoms with van der Waals surface area (Å²) in [6.07, 6.45) is 2.52. The van der Waals surface area contributed by atoms with Gasteiger partial charge in [-0.2, -0.15) is 5.26 Å². The van der Waals surface area contributed by atoms with Crippen molar-refractivity contribution in [2.24, 2.45) is 0 Å². The molecule has 6 heteroatoms. The van der Waals surface area contributed by atoms with Crippen LogP contribution in [0.1, 0.15) is 24.2 Å². The Balaban J connectivity index is 1.90. The smallest absolute Gasteiger partial charge is 0.188 e. The molecule has 6 nitrogen and oxygen atoms in total. The van der Waals surface area contributed by atoms with Gasteiger partial charge in [-0.1, -0.05) is 5.21 Å². The lowest BCUT2D eigenvalue weighted by Crippen LogP contribution is -2.17. The molecule has 1 fully saturated rings. The van der Waals surface area contributed by atoms with Crippen LogP contribution >= 0.6 is 0 Å². The Morgan fingerprint density at radius 3 is 2.48 bits per heavy atom. The molecule has 108 valence electrons. The van der Waals surface area contributed by atoms with Crippen LogP contribution < -0.4 is 4.90 Å². The predicted octanol–water partition coefficient (Wildman–Crippen LogP) is 1.89. The summed E-state index contributed by atoms with van der Waals surface area (Å²) in [7, 11) is 1.59. The van der Waals surface area contributed by atoms with Crippen LogP contribution in [0, 0.1) is 11.3 Å². The number of ether oxygens (including phenoxy) is 1. The molecular weight excluding hydrogens is 266 g/mol. The molecular formula is C15H17N5O. The molecule has 0 N–H and O–H groups in total. The zero-order chi connectivity index (χ0) is 14.7. The number of rotatable bonds is 4. The number of anilines is 1. The molecule has 1 aliphatic heterocycles. The van der Waals surface area contributed by atoms with Gasteiger partial charge in [-0.3, -0.25) is 0 Å². The summed E-state index contributed by atoms with van der Waals surface area (Å²) in [6, 6.07) is 10.2. The fraction of sp³-hybridized carbons (Fsp3) is 0.400. The van der Waals surface area contributed by atoms with E-state index in [1.54, 1.807) is 11.8 Å². The van der Waals surface area contributed by atoms with Gasteiger partial charge in [0.15, 0.2) is 5.69 Å². The Bertz CT molecular complexity index is 650. The Kier molecular flexibility index (Phi) is 3.84. The third kappa shape index (κ3) is 2.60. The topological polar surface area (TPSA) is 67.0 Å². The third-order valence-electron chi connectivity index (χ3n) is 3.72. The normalized spacial score (nSPS) is 14.4. The van der Waals surface area contributed by atoms with Crippen LogP contribution in [0.2, 0.25) is 0 Å². The average molecular weight is 283 g/mol. The summed E-state index contributed by atoms with van der Waals surface area (Å²) >= 11 is 0. The lowest BCUT2D eigenvalue weighted by Gasteiger charge is -2.17. The van der Waals surface area contributed by atoms with E-state index in [0.29, 0.717) is 18.0 Å². The Hall–Kier alpha value is -2.39. The first-order valence-corrected chi connectivity index (χ1v) is 7.02. The van der Waals surface area contributed by atoms with Gasteiger partial charge in [-0.15, -0.1) is 5.10 Å². The molecule has 0 unspecified atom stereocenters. The Morgan fingerprint density at radius 1 is 1.19 bits per heavy atom. The molecule has 0 saturated carbocycles. The van der Waals surface area contributed by atoms with Gasteiger partial charge < -0.3 is 9.64 Å². The van der Waals surface area contributed by atoms with Crippen LogP contribution in [0.15, 0.2) is 24.3 Å². The fourth-order valence-electron chi connectivity index (χ4n) is 2.64. The summed E-state index contributed by atoms with van der Waals surface area (Å²) in [5.41, 5.74) is 3.10. The van der Waals surface area contributed by atoms with Gasteiger partial charge in [0.05, 0.1) is 12.3 Å². The van der Waals surface area contributed by atoms with Crippen LogP contribution in [0.3, 0.4) is 0 Å². The summed E-state index contributed by atoms with van der Waals surface area (Å²) < 4.78 is 6.80. The fourth-order valence-corrected chi connectivity index (χ4v) is 2.64. The van der Waals surface area contributed by atoms with E-state index in [9.17, 15) is 0 Å². The largest absolute Gasteiger partial charge is 0.378 e. The lowest BCUT2D eigenvalue weighted by atomic mass is 10.2. The molecule has 0 amide bonds. The van der Waals surface area contributed by atoms with Gasteiger partial charge >= 0.3 is 0 Å². The van der Waals surface area contributed by atoms with Crippen molar-refractivity contribution < 1.29 is 4.74 Å². The van der Waals surface area contributed by atoms with Crippen molar-refractivity contribution in [2.75, 3.05) is 25.1 Å². The van der Waals surface area contributed by atoms with Crippen molar-refractivity contribution in [2.45, 2.75) is 19.4 Å². The summed E-state index contributed by atoms with van der Waals surface area (Å²) in [5.74, 6) is 0. The molecule has 1 aromatic heterocycles. The molecule has 0 aliphatic carbocycles. The molecule has 1 aromatic carbocycles. The molecule has 3 rings (SSSR count). The van der Waals surface area contributed by atoms with E-state index >= 15 is 0 Å². The van der Waals surface area contributed by atoms with Crippen molar-refractivity contribution in [1.29, 1.82) is 5.26 Å². The monoisotopic (exact) mass is 283 g/mol. The highest BCUT2D eigenvalue weighted by molar-refractivity contribution is 5.51. The minimum atomic E-state index is 0.306. The maximum Gasteiger partial charge on any atom is 0.188 e. The van der Waals surface area contributed by atoms with Gasteiger partial charge in [0.2, 0.25) is 0 Å². The van der Waals surface area contributed by atoms with E-state index in [2.05, 4.69) is 27.3 Å². The first-order chi connectivity index (χ1) is 10.3. The van der Waals surface area contributed by atoms with Gasteiger partial charge in [-0.05, 0) is 37.1 Å². The van der Waals surface area contributed by atoms with Gasteiger partial charge in [-0.25, -0.2) is 4.68 Å². The van der Waals surface area contributed by atoms with Crippen molar-refractivity contribution >= 4 is 5.69 Å². The molecule has 0 spiro atoms. The van der Waals surface area contributed by atoms with E-state index in [4.69, 9.17) is 10.00 Å². The second-order valence-corrected chi connectivity index (χ2v) is 5.05. The van der Waals surface area contributed by atoms with E-state index in [1.165, 1.54) is 18.5 Å². The van der Waals surface area contributed by atoms with Crippen LogP contribution in [-0.4, -0.2) is 35.2 Å². The van der Waals surface area contributed by atoms with Gasteiger partial charge in [0, 0.05) is 25.9 Å². The number of nitrogens with zero attached hydrogens (tertiary/aromatic N) is 5. The second kappa shape index (κ2) is 5.94. The number of hydrogen-bond donors (Lipinski definition) is 0. The number of hydrogen-bond acceptors (Lipinski definition) is 5. The van der Waals surface area contributed by atoms with Crippen molar-refractivity contribution in [3.8, 4) is 11.8 Å². The maximum atomic E-state index is 9.06. The minimum Gasteiger partial charge on any atom is -0.378 e. The second-order valence-electron chi connectivity index (χ2n) is 5.05. The highest BCUT2D eigenvalue weighted by atomic mass is 16.5. The molecule has 0 bridgehead atoms. The number of nitriles is 1. The SMILES string of the molecule is COCc1c(C#N)nnn1-c1ccc(N2CCCC2)cc1. The molecule has 21 heavy (non-hydrogen) atoms. The molecule has 2 aromatic rings. The van der Waals surface area contributed by atoms with Crippen LogP contribution in [0.5, 0.6) is 0 Å². The summed E-state index contributed by atoms with van der Waals surface area (Å²) in [6.45, 7) is 2.55. The molecule has 0 radical (unpaired) electrons. The van der Waals surface area contributed by atoms with E-state index < -0.39 is 0 Å². The van der Waals surface area contributed by atoms with Crippen molar-refractivity contribution in [3.63, 3.8) is 0 Å². The molecule has 0 atom stereocenters. The third-order valence-corrected chi connectivity index (χ3v) is 3.72. The molecule has 1 aliphatic rings. The van der Waals surface area contributed by atoms with Gasteiger partial charge in [0.1, 0.15) is 11.8 Å². The predicted molar refractivity (Wildman–Crippen MR) is 78.2 cm³/mol. The van der Waals surface area contributed by atoms with Crippen LogP contribution in [0.4, 0.5) is 5.69 Å². The Morgan fingerprint density at radius 2 is 1.86 bits per heavy atom. The molecule has 1 saturated heterocycles. The van der Waals surface area contributed by atoms with E-state index in [0.717, 1.165) is 18.8 Å².